The third kappa shape index (κ3) is 5.31. The molecule has 0 bridgehead atoms. The van der Waals surface area contributed by atoms with Gasteiger partial charge in [-0.2, -0.15) is 0 Å². The summed E-state index contributed by atoms with van der Waals surface area (Å²) in [5.74, 6) is 0.462. The number of para-hydroxylation sites is 1. The van der Waals surface area contributed by atoms with Crippen LogP contribution in [0.2, 0.25) is 0 Å². The van der Waals surface area contributed by atoms with Crippen molar-refractivity contribution in [2.75, 3.05) is 12.4 Å². The third-order valence-corrected chi connectivity index (χ3v) is 4.75. The van der Waals surface area contributed by atoms with Crippen LogP contribution in [0.15, 0.2) is 66.2 Å². The standard InChI is InChI=1S/C20H19N3O4S/c1-26-18(24)13-16(17-10-6-12-28-17)23-20(25)22-15-9-5-11-21-19(15)27-14-7-3-2-4-8-14/h2-12,16H,13H2,1H3,(H2,22,23,25). The van der Waals surface area contributed by atoms with Crippen LogP contribution in [-0.2, 0) is 9.53 Å². The van der Waals surface area contributed by atoms with Gasteiger partial charge in [-0.05, 0) is 35.7 Å². The fourth-order valence-corrected chi connectivity index (χ4v) is 3.22. The number of hydrogen-bond donors (Lipinski definition) is 2. The van der Waals surface area contributed by atoms with Crippen LogP contribution in [0.4, 0.5) is 10.5 Å². The molecule has 3 rings (SSSR count). The van der Waals surface area contributed by atoms with Crippen LogP contribution in [-0.4, -0.2) is 24.1 Å². The van der Waals surface area contributed by atoms with Crippen LogP contribution in [0, 0.1) is 0 Å². The lowest BCUT2D eigenvalue weighted by Gasteiger charge is -2.17. The van der Waals surface area contributed by atoms with Gasteiger partial charge in [-0.25, -0.2) is 9.78 Å². The number of hydrogen-bond acceptors (Lipinski definition) is 6. The molecule has 8 heteroatoms. The molecule has 2 aromatic heterocycles. The summed E-state index contributed by atoms with van der Waals surface area (Å²) in [6.45, 7) is 0. The van der Waals surface area contributed by atoms with E-state index >= 15 is 0 Å². The minimum atomic E-state index is -0.498. The molecule has 144 valence electrons. The Morgan fingerprint density at radius 3 is 2.64 bits per heavy atom. The molecule has 7 nitrogen and oxygen atoms in total. The zero-order chi connectivity index (χ0) is 19.8. The van der Waals surface area contributed by atoms with E-state index < -0.39 is 18.0 Å². The fourth-order valence-electron chi connectivity index (χ4n) is 2.45. The monoisotopic (exact) mass is 397 g/mol. The lowest BCUT2D eigenvalue weighted by Crippen LogP contribution is -2.33. The van der Waals surface area contributed by atoms with Gasteiger partial charge in [-0.1, -0.05) is 24.3 Å². The SMILES string of the molecule is COC(=O)CC(NC(=O)Nc1cccnc1Oc1ccccc1)c1cccs1. The quantitative estimate of drug-likeness (QED) is 0.578. The van der Waals surface area contributed by atoms with Gasteiger partial charge in [-0.3, -0.25) is 4.79 Å². The fraction of sp³-hybridized carbons (Fsp3) is 0.150. The molecule has 0 saturated heterocycles. The number of carbonyl (C=O) groups excluding carboxylic acids is 2. The Bertz CT molecular complexity index is 916. The molecule has 2 amide bonds. The minimum absolute atomic E-state index is 0.0326. The van der Waals surface area contributed by atoms with Gasteiger partial charge in [0.25, 0.3) is 0 Å². The molecule has 0 aliphatic rings. The van der Waals surface area contributed by atoms with Crippen molar-refractivity contribution in [1.29, 1.82) is 0 Å². The molecule has 2 N–H and O–H groups in total. The summed E-state index contributed by atoms with van der Waals surface area (Å²) in [6.07, 6.45) is 1.61. The summed E-state index contributed by atoms with van der Waals surface area (Å²) >= 11 is 1.45. The van der Waals surface area contributed by atoms with Crippen molar-refractivity contribution in [1.82, 2.24) is 10.3 Å². The van der Waals surface area contributed by atoms with Crippen molar-refractivity contribution in [3.05, 3.63) is 71.1 Å². The Hall–Kier alpha value is -3.39. The van der Waals surface area contributed by atoms with E-state index in [0.29, 0.717) is 11.4 Å². The molecule has 1 unspecified atom stereocenters. The number of nitrogens with one attached hydrogen (secondary N) is 2. The minimum Gasteiger partial charge on any atom is -0.469 e. The topological polar surface area (TPSA) is 89.5 Å². The number of anilines is 1. The van der Waals surface area contributed by atoms with Gasteiger partial charge in [-0.15, -0.1) is 11.3 Å². The Balaban J connectivity index is 1.70. The Morgan fingerprint density at radius 2 is 1.93 bits per heavy atom. The van der Waals surface area contributed by atoms with Gasteiger partial charge in [0.1, 0.15) is 11.4 Å². The molecular formula is C20H19N3O4S. The van der Waals surface area contributed by atoms with Crippen LogP contribution in [0.25, 0.3) is 0 Å². The molecule has 0 radical (unpaired) electrons. The molecule has 1 aromatic carbocycles. The molecule has 0 aliphatic carbocycles. The van der Waals surface area contributed by atoms with Crippen molar-refractivity contribution in [3.8, 4) is 11.6 Å². The van der Waals surface area contributed by atoms with Gasteiger partial charge in [0.15, 0.2) is 0 Å². The largest absolute Gasteiger partial charge is 0.469 e. The van der Waals surface area contributed by atoms with Crippen molar-refractivity contribution in [3.63, 3.8) is 0 Å². The van der Waals surface area contributed by atoms with E-state index in [9.17, 15) is 9.59 Å². The van der Waals surface area contributed by atoms with E-state index in [1.165, 1.54) is 18.4 Å². The van der Waals surface area contributed by atoms with Crippen LogP contribution < -0.4 is 15.4 Å². The number of amides is 2. The predicted molar refractivity (Wildman–Crippen MR) is 107 cm³/mol. The molecule has 1 atom stereocenters. The van der Waals surface area contributed by atoms with E-state index in [-0.39, 0.29) is 12.3 Å². The third-order valence-electron chi connectivity index (χ3n) is 3.77. The van der Waals surface area contributed by atoms with Crippen molar-refractivity contribution >= 4 is 29.0 Å². The second-order valence-electron chi connectivity index (χ2n) is 5.72. The lowest BCUT2D eigenvalue weighted by molar-refractivity contribution is -0.141. The molecule has 0 fully saturated rings. The zero-order valence-electron chi connectivity index (χ0n) is 15.1. The average molecular weight is 397 g/mol. The average Bonchev–Trinajstić information content (AvgIpc) is 3.24. The summed E-state index contributed by atoms with van der Waals surface area (Å²) in [5, 5.41) is 7.41. The number of nitrogens with zero attached hydrogens (tertiary/aromatic N) is 1. The van der Waals surface area contributed by atoms with E-state index in [0.717, 1.165) is 4.88 Å². The van der Waals surface area contributed by atoms with Gasteiger partial charge >= 0.3 is 12.0 Å². The smallest absolute Gasteiger partial charge is 0.319 e. The van der Waals surface area contributed by atoms with Gasteiger partial charge < -0.3 is 20.1 Å². The van der Waals surface area contributed by atoms with Crippen molar-refractivity contribution < 1.29 is 19.1 Å². The van der Waals surface area contributed by atoms with Crippen molar-refractivity contribution in [2.24, 2.45) is 0 Å². The number of ether oxygens (including phenoxy) is 2. The Morgan fingerprint density at radius 1 is 1.11 bits per heavy atom. The number of esters is 1. The maximum Gasteiger partial charge on any atom is 0.319 e. The van der Waals surface area contributed by atoms with Crippen LogP contribution in [0.5, 0.6) is 11.6 Å². The van der Waals surface area contributed by atoms with Gasteiger partial charge in [0.05, 0.1) is 19.6 Å². The Kier molecular flexibility index (Phi) is 6.59. The number of urea groups is 1. The van der Waals surface area contributed by atoms with Gasteiger partial charge in [0, 0.05) is 11.1 Å². The first kappa shape index (κ1) is 19.4. The maximum absolute atomic E-state index is 12.5. The molecular weight excluding hydrogens is 378 g/mol. The number of pyridine rings is 1. The molecule has 2 heterocycles. The first-order valence-corrected chi connectivity index (χ1v) is 9.39. The first-order valence-electron chi connectivity index (χ1n) is 8.51. The highest BCUT2D eigenvalue weighted by molar-refractivity contribution is 7.10. The molecule has 0 aliphatic heterocycles. The number of thiophene rings is 1. The molecule has 0 spiro atoms. The maximum atomic E-state index is 12.5. The van der Waals surface area contributed by atoms with Crippen molar-refractivity contribution in [2.45, 2.75) is 12.5 Å². The molecule has 0 saturated carbocycles. The summed E-state index contributed by atoms with van der Waals surface area (Å²) in [7, 11) is 1.32. The Labute approximate surface area is 166 Å². The first-order chi connectivity index (χ1) is 13.7. The van der Waals surface area contributed by atoms with E-state index in [4.69, 9.17) is 9.47 Å². The molecule has 3 aromatic rings. The summed E-state index contributed by atoms with van der Waals surface area (Å²) in [4.78, 5) is 29.3. The van der Waals surface area contributed by atoms with Crippen LogP contribution in [0.3, 0.4) is 0 Å². The molecule has 28 heavy (non-hydrogen) atoms. The lowest BCUT2D eigenvalue weighted by atomic mass is 10.2. The van der Waals surface area contributed by atoms with E-state index in [1.807, 2.05) is 35.7 Å². The van der Waals surface area contributed by atoms with Crippen LogP contribution >= 0.6 is 11.3 Å². The summed E-state index contributed by atoms with van der Waals surface area (Å²) in [6, 6.07) is 15.3. The van der Waals surface area contributed by atoms with Gasteiger partial charge in [0.2, 0.25) is 5.88 Å². The second kappa shape index (κ2) is 9.52. The summed E-state index contributed by atoms with van der Waals surface area (Å²) < 4.78 is 10.5. The van der Waals surface area contributed by atoms with E-state index in [2.05, 4.69) is 15.6 Å². The number of aromatic nitrogens is 1. The zero-order valence-corrected chi connectivity index (χ0v) is 15.9. The summed E-state index contributed by atoms with van der Waals surface area (Å²) in [5.41, 5.74) is 0.409. The number of rotatable bonds is 7. The second-order valence-corrected chi connectivity index (χ2v) is 6.70. The van der Waals surface area contributed by atoms with E-state index in [1.54, 1.807) is 30.5 Å². The van der Waals surface area contributed by atoms with Crippen LogP contribution in [0.1, 0.15) is 17.3 Å². The number of methoxy groups -OCH3 is 1. The number of carbonyl (C=O) groups is 2. The number of benzene rings is 1. The normalized spacial score (nSPS) is 11.3. The highest BCUT2D eigenvalue weighted by Crippen LogP contribution is 2.27. The highest BCUT2D eigenvalue weighted by atomic mass is 32.1. The highest BCUT2D eigenvalue weighted by Gasteiger charge is 2.20. The predicted octanol–water partition coefficient (Wildman–Crippen LogP) is 4.36.